The summed E-state index contributed by atoms with van der Waals surface area (Å²) >= 11 is 0. The monoisotopic (exact) mass is 294 g/mol. The van der Waals surface area contributed by atoms with Crippen LogP contribution in [0.2, 0.25) is 0 Å². The summed E-state index contributed by atoms with van der Waals surface area (Å²) in [6.45, 7) is 1.89. The molecule has 104 valence electrons. The highest BCUT2D eigenvalue weighted by molar-refractivity contribution is 5.85. The van der Waals surface area contributed by atoms with E-state index in [1.54, 1.807) is 12.4 Å². The molecular formula is C12H20Cl2N2O2. The molecule has 2 heterocycles. The van der Waals surface area contributed by atoms with Gasteiger partial charge in [0.05, 0.1) is 6.20 Å². The van der Waals surface area contributed by atoms with Gasteiger partial charge < -0.3 is 9.84 Å². The van der Waals surface area contributed by atoms with Crippen LogP contribution in [0.25, 0.3) is 0 Å². The molecule has 1 fully saturated rings. The predicted molar refractivity (Wildman–Crippen MR) is 75.8 cm³/mol. The highest BCUT2D eigenvalue weighted by atomic mass is 35.5. The number of aliphatic hydroxyl groups excluding tert-OH is 1. The second-order valence-electron chi connectivity index (χ2n) is 4.38. The molecule has 1 aliphatic rings. The quantitative estimate of drug-likeness (QED) is 0.917. The molecule has 1 aromatic rings. The highest BCUT2D eigenvalue weighted by Gasteiger charge is 2.29. The third kappa shape index (κ3) is 4.61. The van der Waals surface area contributed by atoms with Crippen LogP contribution in [0.4, 0.5) is 0 Å². The molecule has 18 heavy (non-hydrogen) atoms. The Morgan fingerprint density at radius 2 is 2.28 bits per heavy atom. The van der Waals surface area contributed by atoms with Crippen LogP contribution in [0.1, 0.15) is 6.42 Å². The van der Waals surface area contributed by atoms with Gasteiger partial charge in [0.1, 0.15) is 12.4 Å². The Balaban J connectivity index is 0.00000144. The molecule has 2 rings (SSSR count). The van der Waals surface area contributed by atoms with E-state index in [4.69, 9.17) is 9.84 Å². The normalized spacial score (nSPS) is 23.0. The molecular weight excluding hydrogens is 275 g/mol. The molecule has 0 amide bonds. The molecule has 4 nitrogen and oxygen atoms in total. The van der Waals surface area contributed by atoms with Gasteiger partial charge in [-0.15, -0.1) is 24.8 Å². The molecule has 2 atom stereocenters. The standard InChI is InChI=1S/C12H18N2O2.2ClH/c1-14-7-10(8-15)5-11(14)9-16-12-3-2-4-13-6-12;;/h2-4,6,10-11,15H,5,7-9H2,1H3;2*1H/t10-,11+;;/m1../s1. The number of aliphatic hydroxyl groups is 1. The SMILES string of the molecule is CN1C[C@H](CO)C[C@H]1COc1cccnc1.Cl.Cl. The fourth-order valence-corrected chi connectivity index (χ4v) is 2.15. The average molecular weight is 295 g/mol. The Morgan fingerprint density at radius 3 is 2.83 bits per heavy atom. The molecule has 1 aromatic heterocycles. The molecule has 0 radical (unpaired) electrons. The van der Waals surface area contributed by atoms with Crippen LogP contribution < -0.4 is 4.74 Å². The Bertz CT molecular complexity index is 327. The van der Waals surface area contributed by atoms with Crippen LogP contribution in [0.5, 0.6) is 5.75 Å². The molecule has 0 bridgehead atoms. The molecule has 0 aliphatic carbocycles. The average Bonchev–Trinajstić information content (AvgIpc) is 2.69. The second kappa shape index (κ2) is 8.53. The van der Waals surface area contributed by atoms with Crippen LogP contribution in [0.15, 0.2) is 24.5 Å². The van der Waals surface area contributed by atoms with Crippen molar-refractivity contribution < 1.29 is 9.84 Å². The van der Waals surface area contributed by atoms with Gasteiger partial charge in [-0.1, -0.05) is 0 Å². The zero-order valence-corrected chi connectivity index (χ0v) is 12.0. The lowest BCUT2D eigenvalue weighted by Crippen LogP contribution is -2.30. The van der Waals surface area contributed by atoms with E-state index in [1.807, 2.05) is 12.1 Å². The largest absolute Gasteiger partial charge is 0.490 e. The second-order valence-corrected chi connectivity index (χ2v) is 4.38. The number of rotatable bonds is 4. The molecule has 1 N–H and O–H groups in total. The molecule has 1 aliphatic heterocycles. The lowest BCUT2D eigenvalue weighted by atomic mass is 10.1. The summed E-state index contributed by atoms with van der Waals surface area (Å²) in [6.07, 6.45) is 4.46. The van der Waals surface area contributed by atoms with Crippen LogP contribution >= 0.6 is 24.8 Å². The lowest BCUT2D eigenvalue weighted by molar-refractivity contribution is 0.197. The Labute approximate surface area is 120 Å². The van der Waals surface area contributed by atoms with E-state index in [2.05, 4.69) is 16.9 Å². The van der Waals surface area contributed by atoms with Gasteiger partial charge in [0.25, 0.3) is 0 Å². The van der Waals surface area contributed by atoms with Crippen molar-refractivity contribution in [1.29, 1.82) is 0 Å². The first kappa shape index (κ1) is 17.4. The van der Waals surface area contributed by atoms with E-state index in [9.17, 15) is 0 Å². The summed E-state index contributed by atoms with van der Waals surface area (Å²) in [5.74, 6) is 1.20. The van der Waals surface area contributed by atoms with Crippen LogP contribution in [0.3, 0.4) is 0 Å². The fraction of sp³-hybridized carbons (Fsp3) is 0.583. The summed E-state index contributed by atoms with van der Waals surface area (Å²) in [5, 5.41) is 9.11. The number of nitrogens with zero attached hydrogens (tertiary/aromatic N) is 2. The third-order valence-electron chi connectivity index (χ3n) is 3.11. The Hall–Kier alpha value is -0.550. The first-order valence-corrected chi connectivity index (χ1v) is 5.63. The molecule has 0 saturated carbocycles. The van der Waals surface area contributed by atoms with Gasteiger partial charge in [0.2, 0.25) is 0 Å². The molecule has 0 spiro atoms. The van der Waals surface area contributed by atoms with E-state index in [1.165, 1.54) is 0 Å². The number of likely N-dealkylation sites (tertiary alicyclic amines) is 1. The number of hydrogen-bond acceptors (Lipinski definition) is 4. The van der Waals surface area contributed by atoms with Gasteiger partial charge in [-0.3, -0.25) is 9.88 Å². The topological polar surface area (TPSA) is 45.6 Å². The zero-order chi connectivity index (χ0) is 11.4. The summed E-state index contributed by atoms with van der Waals surface area (Å²) in [6, 6.07) is 4.17. The zero-order valence-electron chi connectivity index (χ0n) is 10.4. The number of ether oxygens (including phenoxy) is 1. The summed E-state index contributed by atoms with van der Waals surface area (Å²) in [7, 11) is 2.08. The fourth-order valence-electron chi connectivity index (χ4n) is 2.15. The number of halogens is 2. The summed E-state index contributed by atoms with van der Waals surface area (Å²) < 4.78 is 5.67. The van der Waals surface area contributed by atoms with Gasteiger partial charge in [-0.2, -0.15) is 0 Å². The number of pyridine rings is 1. The van der Waals surface area contributed by atoms with Gasteiger partial charge in [0, 0.05) is 25.4 Å². The van der Waals surface area contributed by atoms with Gasteiger partial charge in [0.15, 0.2) is 0 Å². The van der Waals surface area contributed by atoms with Crippen molar-refractivity contribution in [1.82, 2.24) is 9.88 Å². The maximum absolute atomic E-state index is 9.11. The smallest absolute Gasteiger partial charge is 0.137 e. The lowest BCUT2D eigenvalue weighted by Gasteiger charge is -2.19. The van der Waals surface area contributed by atoms with E-state index in [0.717, 1.165) is 18.7 Å². The maximum Gasteiger partial charge on any atom is 0.137 e. The van der Waals surface area contributed by atoms with E-state index in [0.29, 0.717) is 18.6 Å². The minimum absolute atomic E-state index is 0. The van der Waals surface area contributed by atoms with Crippen molar-refractivity contribution in [3.63, 3.8) is 0 Å². The van der Waals surface area contributed by atoms with Gasteiger partial charge in [-0.25, -0.2) is 0 Å². The van der Waals surface area contributed by atoms with Crippen LogP contribution in [-0.4, -0.2) is 47.8 Å². The minimum atomic E-state index is 0. The van der Waals surface area contributed by atoms with E-state index < -0.39 is 0 Å². The van der Waals surface area contributed by atoms with Gasteiger partial charge >= 0.3 is 0 Å². The van der Waals surface area contributed by atoms with Crippen molar-refractivity contribution in [3.8, 4) is 5.75 Å². The predicted octanol–water partition coefficient (Wildman–Crippen LogP) is 1.62. The molecule has 0 aromatic carbocycles. The van der Waals surface area contributed by atoms with Crippen molar-refractivity contribution in [3.05, 3.63) is 24.5 Å². The maximum atomic E-state index is 9.11. The van der Waals surface area contributed by atoms with E-state index in [-0.39, 0.29) is 31.4 Å². The molecule has 0 unspecified atom stereocenters. The van der Waals surface area contributed by atoms with Crippen molar-refractivity contribution >= 4 is 24.8 Å². The summed E-state index contributed by atoms with van der Waals surface area (Å²) in [5.41, 5.74) is 0. The van der Waals surface area contributed by atoms with Crippen LogP contribution in [0, 0.1) is 5.92 Å². The van der Waals surface area contributed by atoms with E-state index >= 15 is 0 Å². The number of likely N-dealkylation sites (N-methyl/N-ethyl adjacent to an activating group) is 1. The van der Waals surface area contributed by atoms with Crippen LogP contribution in [-0.2, 0) is 0 Å². The summed E-state index contributed by atoms with van der Waals surface area (Å²) in [4.78, 5) is 6.25. The van der Waals surface area contributed by atoms with Crippen molar-refractivity contribution in [2.24, 2.45) is 5.92 Å². The first-order valence-electron chi connectivity index (χ1n) is 5.63. The molecule has 6 heteroatoms. The molecule has 1 saturated heterocycles. The minimum Gasteiger partial charge on any atom is -0.490 e. The van der Waals surface area contributed by atoms with Crippen molar-refractivity contribution in [2.45, 2.75) is 12.5 Å². The first-order chi connectivity index (χ1) is 7.79. The number of aromatic nitrogens is 1. The number of hydrogen-bond donors (Lipinski definition) is 1. The Kier molecular flexibility index (Phi) is 8.27. The Morgan fingerprint density at radius 1 is 1.50 bits per heavy atom. The third-order valence-corrected chi connectivity index (χ3v) is 3.11. The van der Waals surface area contributed by atoms with Crippen molar-refractivity contribution in [2.75, 3.05) is 26.8 Å². The van der Waals surface area contributed by atoms with Gasteiger partial charge in [-0.05, 0) is 31.5 Å². The highest BCUT2D eigenvalue weighted by Crippen LogP contribution is 2.21.